The minimum atomic E-state index is -1.09. The predicted molar refractivity (Wildman–Crippen MR) is 62.7 cm³/mol. The number of hydrogen-bond donors (Lipinski definition) is 0. The van der Waals surface area contributed by atoms with Crippen LogP contribution >= 0.6 is 0 Å². The van der Waals surface area contributed by atoms with Crippen molar-refractivity contribution in [3.8, 4) is 0 Å². The lowest BCUT2D eigenvalue weighted by atomic mass is 9.89. The summed E-state index contributed by atoms with van der Waals surface area (Å²) in [5.74, 6) is -0.620. The zero-order valence-electron chi connectivity index (χ0n) is 10.2. The summed E-state index contributed by atoms with van der Waals surface area (Å²) in [4.78, 5) is 25.3. The fraction of sp³-hybridized carbons (Fsp3) is 0.385. The Morgan fingerprint density at radius 1 is 1.35 bits per heavy atom. The van der Waals surface area contributed by atoms with Crippen molar-refractivity contribution in [3.05, 3.63) is 35.4 Å². The number of hydrogen-bond acceptors (Lipinski definition) is 3. The van der Waals surface area contributed by atoms with E-state index in [0.29, 0.717) is 12.0 Å². The molecule has 90 valence electrons. The molecule has 0 radical (unpaired) electrons. The number of likely N-dealkylation sites (N-methyl/N-ethyl adjacent to an activating group) is 1. The van der Waals surface area contributed by atoms with Gasteiger partial charge < -0.3 is 9.64 Å². The lowest BCUT2D eigenvalue weighted by molar-refractivity contribution is -0.148. The van der Waals surface area contributed by atoms with E-state index in [1.807, 2.05) is 12.1 Å². The van der Waals surface area contributed by atoms with Crippen molar-refractivity contribution in [1.82, 2.24) is 4.90 Å². The van der Waals surface area contributed by atoms with Crippen LogP contribution in [0.5, 0.6) is 0 Å². The summed E-state index contributed by atoms with van der Waals surface area (Å²) < 4.78 is 5.29. The van der Waals surface area contributed by atoms with E-state index < -0.39 is 11.6 Å². The molecule has 4 nitrogen and oxygen atoms in total. The van der Waals surface area contributed by atoms with Crippen LogP contribution < -0.4 is 0 Å². The van der Waals surface area contributed by atoms with Gasteiger partial charge in [0.05, 0.1) is 5.56 Å². The molecule has 1 aromatic rings. The van der Waals surface area contributed by atoms with Gasteiger partial charge in [-0.1, -0.05) is 18.2 Å². The standard InChI is InChI=1S/C13H15NO3/c1-13(12(16)14(2)3)8-9-6-4-5-7-10(9)11(15)17-13/h4-7H,8H2,1-3H3/t13-/m1/s1. The highest BCUT2D eigenvalue weighted by Gasteiger charge is 2.43. The molecule has 0 N–H and O–H groups in total. The van der Waals surface area contributed by atoms with Crippen LogP contribution in [-0.4, -0.2) is 36.5 Å². The number of benzene rings is 1. The van der Waals surface area contributed by atoms with Crippen molar-refractivity contribution < 1.29 is 14.3 Å². The molecular formula is C13H15NO3. The first-order valence-electron chi connectivity index (χ1n) is 5.47. The molecule has 0 spiro atoms. The topological polar surface area (TPSA) is 46.6 Å². The van der Waals surface area contributed by atoms with Crippen LogP contribution in [0.4, 0.5) is 0 Å². The minimum Gasteiger partial charge on any atom is -0.445 e. The number of ether oxygens (including phenoxy) is 1. The van der Waals surface area contributed by atoms with Gasteiger partial charge in [0, 0.05) is 20.5 Å². The predicted octanol–water partition coefficient (Wildman–Crippen LogP) is 1.25. The molecule has 1 atom stereocenters. The molecule has 0 fully saturated rings. The third kappa shape index (κ3) is 1.90. The van der Waals surface area contributed by atoms with Crippen LogP contribution in [0.3, 0.4) is 0 Å². The number of carbonyl (C=O) groups is 2. The molecule has 4 heteroatoms. The highest BCUT2D eigenvalue weighted by molar-refractivity contribution is 5.97. The Kier molecular flexibility index (Phi) is 2.65. The monoisotopic (exact) mass is 233 g/mol. The number of cyclic esters (lactones) is 1. The van der Waals surface area contributed by atoms with Gasteiger partial charge in [-0.25, -0.2) is 4.79 Å². The van der Waals surface area contributed by atoms with Crippen molar-refractivity contribution in [3.63, 3.8) is 0 Å². The highest BCUT2D eigenvalue weighted by atomic mass is 16.6. The summed E-state index contributed by atoms with van der Waals surface area (Å²) >= 11 is 0. The van der Waals surface area contributed by atoms with E-state index in [4.69, 9.17) is 4.74 Å². The third-order valence-electron chi connectivity index (χ3n) is 2.94. The average Bonchev–Trinajstić information content (AvgIpc) is 2.27. The molecule has 0 aliphatic carbocycles. The Hall–Kier alpha value is -1.84. The summed E-state index contributed by atoms with van der Waals surface area (Å²) in [6.07, 6.45) is 0.423. The molecule has 1 aromatic carbocycles. The first-order chi connectivity index (χ1) is 7.94. The quantitative estimate of drug-likeness (QED) is 0.686. The molecule has 1 amide bonds. The van der Waals surface area contributed by atoms with Gasteiger partial charge in [0.2, 0.25) is 0 Å². The van der Waals surface area contributed by atoms with Gasteiger partial charge >= 0.3 is 5.97 Å². The minimum absolute atomic E-state index is 0.194. The molecule has 0 saturated heterocycles. The smallest absolute Gasteiger partial charge is 0.339 e. The van der Waals surface area contributed by atoms with Crippen molar-refractivity contribution in [2.24, 2.45) is 0 Å². The van der Waals surface area contributed by atoms with Gasteiger partial charge in [-0.05, 0) is 18.6 Å². The average molecular weight is 233 g/mol. The largest absolute Gasteiger partial charge is 0.445 e. The van der Waals surface area contributed by atoms with Gasteiger partial charge in [0.15, 0.2) is 5.60 Å². The molecule has 1 aliphatic heterocycles. The zero-order valence-corrected chi connectivity index (χ0v) is 10.2. The van der Waals surface area contributed by atoms with Crippen molar-refractivity contribution >= 4 is 11.9 Å². The lowest BCUT2D eigenvalue weighted by Crippen LogP contribution is -2.51. The van der Waals surface area contributed by atoms with Crippen molar-refractivity contribution in [2.75, 3.05) is 14.1 Å². The second-order valence-corrected chi connectivity index (χ2v) is 4.65. The van der Waals surface area contributed by atoms with Gasteiger partial charge in [-0.15, -0.1) is 0 Å². The van der Waals surface area contributed by atoms with E-state index in [9.17, 15) is 9.59 Å². The third-order valence-corrected chi connectivity index (χ3v) is 2.94. The fourth-order valence-corrected chi connectivity index (χ4v) is 2.12. The second kappa shape index (κ2) is 3.87. The number of carbonyl (C=O) groups excluding carboxylic acids is 2. The van der Waals surface area contributed by atoms with Crippen LogP contribution in [0.2, 0.25) is 0 Å². The van der Waals surface area contributed by atoms with Crippen LogP contribution in [0.1, 0.15) is 22.8 Å². The molecule has 2 rings (SSSR count). The van der Waals surface area contributed by atoms with E-state index in [1.165, 1.54) is 4.90 Å². The number of fused-ring (bicyclic) bond motifs is 1. The van der Waals surface area contributed by atoms with Gasteiger partial charge in [-0.2, -0.15) is 0 Å². The first-order valence-corrected chi connectivity index (χ1v) is 5.47. The molecule has 0 bridgehead atoms. The second-order valence-electron chi connectivity index (χ2n) is 4.65. The Morgan fingerprint density at radius 2 is 2.00 bits per heavy atom. The SMILES string of the molecule is CN(C)C(=O)[C@@]1(C)Cc2ccccc2C(=O)O1. The summed E-state index contributed by atoms with van der Waals surface area (Å²) in [7, 11) is 3.31. The van der Waals surface area contributed by atoms with E-state index in [-0.39, 0.29) is 5.91 Å². The Morgan fingerprint density at radius 3 is 2.65 bits per heavy atom. The maximum atomic E-state index is 12.0. The maximum Gasteiger partial charge on any atom is 0.339 e. The lowest BCUT2D eigenvalue weighted by Gasteiger charge is -2.34. The molecule has 0 unspecified atom stereocenters. The van der Waals surface area contributed by atoms with E-state index in [0.717, 1.165) is 5.56 Å². The molecule has 17 heavy (non-hydrogen) atoms. The fourth-order valence-electron chi connectivity index (χ4n) is 2.12. The molecular weight excluding hydrogens is 218 g/mol. The van der Waals surface area contributed by atoms with Crippen LogP contribution in [0, 0.1) is 0 Å². The van der Waals surface area contributed by atoms with Crippen molar-refractivity contribution in [2.45, 2.75) is 18.9 Å². The van der Waals surface area contributed by atoms with E-state index in [2.05, 4.69) is 0 Å². The zero-order chi connectivity index (χ0) is 12.6. The maximum absolute atomic E-state index is 12.0. The molecule has 1 heterocycles. The van der Waals surface area contributed by atoms with Crippen LogP contribution in [-0.2, 0) is 16.0 Å². The Balaban J connectivity index is 2.40. The molecule has 0 aromatic heterocycles. The van der Waals surface area contributed by atoms with Gasteiger partial charge in [0.1, 0.15) is 0 Å². The number of amides is 1. The van der Waals surface area contributed by atoms with Crippen molar-refractivity contribution in [1.29, 1.82) is 0 Å². The van der Waals surface area contributed by atoms with Crippen LogP contribution in [0.25, 0.3) is 0 Å². The number of rotatable bonds is 1. The molecule has 1 aliphatic rings. The summed E-state index contributed by atoms with van der Waals surface area (Å²) in [6.45, 7) is 1.66. The number of nitrogens with zero attached hydrogens (tertiary/aromatic N) is 1. The van der Waals surface area contributed by atoms with E-state index >= 15 is 0 Å². The Labute approximate surface area is 100 Å². The highest BCUT2D eigenvalue weighted by Crippen LogP contribution is 2.29. The Bertz CT molecular complexity index is 481. The van der Waals surface area contributed by atoms with Gasteiger partial charge in [0.25, 0.3) is 5.91 Å². The normalized spacial score (nSPS) is 22.6. The molecule has 0 saturated carbocycles. The van der Waals surface area contributed by atoms with Gasteiger partial charge in [-0.3, -0.25) is 4.79 Å². The summed E-state index contributed by atoms with van der Waals surface area (Å²) in [6, 6.07) is 7.23. The van der Waals surface area contributed by atoms with E-state index in [1.54, 1.807) is 33.2 Å². The summed E-state index contributed by atoms with van der Waals surface area (Å²) in [5.41, 5.74) is 0.326. The summed E-state index contributed by atoms with van der Waals surface area (Å²) in [5, 5.41) is 0. The first kappa shape index (κ1) is 11.6. The van der Waals surface area contributed by atoms with Crippen LogP contribution in [0.15, 0.2) is 24.3 Å². The number of esters is 1.